The Morgan fingerprint density at radius 2 is 1.21 bits per heavy atom. The summed E-state index contributed by atoms with van der Waals surface area (Å²) in [4.78, 5) is 34.8. The van der Waals surface area contributed by atoms with Gasteiger partial charge in [0, 0.05) is 84.5 Å². The van der Waals surface area contributed by atoms with E-state index in [2.05, 4.69) is 111 Å². The highest BCUT2D eigenvalue weighted by Crippen LogP contribution is 2.34. The summed E-state index contributed by atoms with van der Waals surface area (Å²) in [5.74, 6) is 0.229. The topological polar surface area (TPSA) is 112 Å². The maximum atomic E-state index is 13.3. The summed E-state index contributed by atoms with van der Waals surface area (Å²) in [5.41, 5.74) is 11.4. The minimum atomic E-state index is -0.632. The molecular formula is C46H56N6O4. The van der Waals surface area contributed by atoms with Crippen LogP contribution in [0.15, 0.2) is 91.0 Å². The molecule has 0 aromatic heterocycles. The van der Waals surface area contributed by atoms with Crippen LogP contribution in [0, 0.1) is 0 Å². The van der Waals surface area contributed by atoms with Gasteiger partial charge >= 0.3 is 12.1 Å². The first-order valence-electron chi connectivity index (χ1n) is 20.6. The number of aliphatic hydroxyl groups is 2. The van der Waals surface area contributed by atoms with Crippen LogP contribution in [0.4, 0.5) is 9.59 Å². The smallest absolute Gasteiger partial charge is 0.317 e. The number of nitrogens with one attached hydrogen (secondary N) is 2. The number of likely N-dealkylation sites (tertiary alicyclic amines) is 1. The maximum Gasteiger partial charge on any atom is 0.317 e. The second kappa shape index (κ2) is 17.6. The van der Waals surface area contributed by atoms with Crippen molar-refractivity contribution in [3.63, 3.8) is 0 Å². The second-order valence-corrected chi connectivity index (χ2v) is 16.2. The zero-order valence-electron chi connectivity index (χ0n) is 32.4. The number of carbonyl (C=O) groups is 2. The Hall–Kier alpha value is -4.74. The number of carbonyl (C=O) groups excluding carboxylic acids is 2. The number of hydrogen-bond acceptors (Lipinski definition) is 6. The number of amides is 4. The van der Waals surface area contributed by atoms with Gasteiger partial charge in [-0.1, -0.05) is 91.0 Å². The molecule has 3 atom stereocenters. The van der Waals surface area contributed by atoms with E-state index in [9.17, 15) is 19.8 Å². The van der Waals surface area contributed by atoms with Crippen LogP contribution in [0.5, 0.6) is 0 Å². The zero-order chi connectivity index (χ0) is 38.4. The summed E-state index contributed by atoms with van der Waals surface area (Å²) < 4.78 is 0. The summed E-state index contributed by atoms with van der Waals surface area (Å²) in [7, 11) is 0. The molecular weight excluding hydrogens is 701 g/mol. The third-order valence-electron chi connectivity index (χ3n) is 12.3. The fraction of sp³-hybridized carbons (Fsp3) is 0.435. The van der Waals surface area contributed by atoms with Gasteiger partial charge in [0.2, 0.25) is 0 Å². The van der Waals surface area contributed by atoms with Gasteiger partial charge in [-0.15, -0.1) is 0 Å². The van der Waals surface area contributed by atoms with Gasteiger partial charge in [-0.3, -0.25) is 9.80 Å². The van der Waals surface area contributed by atoms with Crippen LogP contribution in [0.3, 0.4) is 0 Å². The lowest BCUT2D eigenvalue weighted by atomic mass is 9.86. The highest BCUT2D eigenvalue weighted by atomic mass is 16.3. The first-order valence-corrected chi connectivity index (χ1v) is 20.6. The summed E-state index contributed by atoms with van der Waals surface area (Å²) in [6, 6.07) is 31.8. The number of fused-ring (bicyclic) bond motifs is 3. The van der Waals surface area contributed by atoms with Gasteiger partial charge in [-0.05, 0) is 82.2 Å². The van der Waals surface area contributed by atoms with E-state index >= 15 is 0 Å². The van der Waals surface area contributed by atoms with Crippen molar-refractivity contribution in [2.24, 2.45) is 0 Å². The lowest BCUT2D eigenvalue weighted by molar-refractivity contribution is 0.102. The minimum Gasteiger partial charge on any atom is -0.390 e. The Balaban J connectivity index is 0.820. The van der Waals surface area contributed by atoms with Crippen molar-refractivity contribution in [1.29, 1.82) is 0 Å². The molecule has 4 heterocycles. The lowest BCUT2D eigenvalue weighted by Gasteiger charge is -2.34. The predicted molar refractivity (Wildman–Crippen MR) is 219 cm³/mol. The average molecular weight is 757 g/mol. The van der Waals surface area contributed by atoms with Gasteiger partial charge in [0.15, 0.2) is 0 Å². The van der Waals surface area contributed by atoms with Crippen LogP contribution in [0.25, 0.3) is 11.1 Å². The third-order valence-corrected chi connectivity index (χ3v) is 12.3. The van der Waals surface area contributed by atoms with E-state index < -0.39 is 12.2 Å². The molecule has 0 spiro atoms. The van der Waals surface area contributed by atoms with E-state index in [1.54, 1.807) is 0 Å². The van der Waals surface area contributed by atoms with E-state index in [1.807, 2.05) is 9.80 Å². The van der Waals surface area contributed by atoms with Crippen LogP contribution in [-0.4, -0.2) is 113 Å². The SMILES string of the molecule is O=C(NC[C@@H](O)CN1CCc2ccccc2C1)N1CCc2c(cccc2-c2cccc([C@@H]3CCCN(C(=O)NC[C@H](O)CN4CCc5ccccc5C4)C3)c2)C1. The minimum absolute atomic E-state index is 0.109. The van der Waals surface area contributed by atoms with E-state index in [0.717, 1.165) is 69.4 Å². The van der Waals surface area contributed by atoms with Gasteiger partial charge in [0.05, 0.1) is 12.2 Å². The maximum absolute atomic E-state index is 13.3. The molecule has 0 bridgehead atoms. The van der Waals surface area contributed by atoms with Gasteiger partial charge in [0.1, 0.15) is 0 Å². The van der Waals surface area contributed by atoms with Crippen molar-refractivity contribution in [2.75, 3.05) is 58.9 Å². The number of benzene rings is 4. The number of urea groups is 2. The molecule has 0 aliphatic carbocycles. The van der Waals surface area contributed by atoms with Crippen molar-refractivity contribution in [3.05, 3.63) is 130 Å². The molecule has 0 radical (unpaired) electrons. The summed E-state index contributed by atoms with van der Waals surface area (Å²) in [6.07, 6.45) is 3.42. The monoisotopic (exact) mass is 756 g/mol. The second-order valence-electron chi connectivity index (χ2n) is 16.2. The molecule has 10 nitrogen and oxygen atoms in total. The van der Waals surface area contributed by atoms with E-state index in [1.165, 1.54) is 38.9 Å². The Kier molecular flexibility index (Phi) is 12.0. The Bertz CT molecular complexity index is 2000. The lowest BCUT2D eigenvalue weighted by Crippen LogP contribution is -2.48. The molecule has 4 N–H and O–H groups in total. The van der Waals surface area contributed by atoms with Gasteiger partial charge in [0.25, 0.3) is 0 Å². The highest BCUT2D eigenvalue weighted by molar-refractivity contribution is 5.76. The molecule has 4 aromatic carbocycles. The quantitative estimate of drug-likeness (QED) is 0.178. The standard InChI is InChI=1S/C46H56N6O4/c53-41(31-49-21-17-33-8-1-3-10-37(33)27-49)25-47-45(55)51-20-7-15-39(29-51)35-12-5-13-36(24-35)43-16-6-14-40-30-52(23-19-44(40)43)46(56)48-26-42(54)32-50-22-18-34-9-2-4-11-38(34)28-50/h1-6,8-14,16,24,39,41-42,53-54H,7,15,17-23,25-32H2,(H,47,55)(H,48,56)/t39-,41+,42-/m1/s1. The molecule has 0 saturated carbocycles. The van der Waals surface area contributed by atoms with E-state index in [0.29, 0.717) is 39.3 Å². The van der Waals surface area contributed by atoms with Crippen molar-refractivity contribution in [2.45, 2.75) is 69.9 Å². The number of nitrogens with zero attached hydrogens (tertiary/aromatic N) is 4. The Morgan fingerprint density at radius 1 is 0.625 bits per heavy atom. The number of rotatable bonds is 10. The molecule has 1 fully saturated rings. The van der Waals surface area contributed by atoms with Gasteiger partial charge < -0.3 is 30.6 Å². The highest BCUT2D eigenvalue weighted by Gasteiger charge is 2.28. The summed E-state index contributed by atoms with van der Waals surface area (Å²) in [6.45, 7) is 7.52. The Morgan fingerprint density at radius 3 is 1.88 bits per heavy atom. The molecule has 4 aliphatic heterocycles. The van der Waals surface area contributed by atoms with Crippen LogP contribution in [0.2, 0.25) is 0 Å². The van der Waals surface area contributed by atoms with Crippen LogP contribution < -0.4 is 10.6 Å². The number of β-amino-alcohol motifs (C(OH)–C–C–N with tert-alkyl or cyclic N) is 2. The van der Waals surface area contributed by atoms with Crippen molar-refractivity contribution in [1.82, 2.24) is 30.2 Å². The third kappa shape index (κ3) is 9.10. The number of aliphatic hydroxyl groups excluding tert-OH is 2. The van der Waals surface area contributed by atoms with Crippen LogP contribution in [0.1, 0.15) is 57.7 Å². The molecule has 10 heteroatoms. The van der Waals surface area contributed by atoms with Crippen molar-refractivity contribution >= 4 is 12.1 Å². The number of hydrogen-bond donors (Lipinski definition) is 4. The first kappa shape index (κ1) is 38.1. The predicted octanol–water partition coefficient (Wildman–Crippen LogP) is 5.15. The molecule has 1 saturated heterocycles. The molecule has 4 amide bonds. The number of piperidine rings is 1. The van der Waals surface area contributed by atoms with Crippen molar-refractivity contribution in [3.8, 4) is 11.1 Å². The van der Waals surface area contributed by atoms with E-state index in [-0.39, 0.29) is 31.1 Å². The van der Waals surface area contributed by atoms with Crippen molar-refractivity contribution < 1.29 is 19.8 Å². The summed E-state index contributed by atoms with van der Waals surface area (Å²) in [5, 5.41) is 27.6. The first-order chi connectivity index (χ1) is 27.4. The fourth-order valence-electron chi connectivity index (χ4n) is 9.23. The average Bonchev–Trinajstić information content (AvgIpc) is 3.24. The van der Waals surface area contributed by atoms with Gasteiger partial charge in [-0.25, -0.2) is 9.59 Å². The van der Waals surface area contributed by atoms with Gasteiger partial charge in [-0.2, -0.15) is 0 Å². The molecule has 56 heavy (non-hydrogen) atoms. The van der Waals surface area contributed by atoms with E-state index in [4.69, 9.17) is 0 Å². The molecule has 4 aromatic rings. The van der Waals surface area contributed by atoms with Crippen LogP contribution in [-0.2, 0) is 38.9 Å². The largest absolute Gasteiger partial charge is 0.390 e. The van der Waals surface area contributed by atoms with Crippen LogP contribution >= 0.6 is 0 Å². The summed E-state index contributed by atoms with van der Waals surface area (Å²) >= 11 is 0. The molecule has 4 aliphatic rings. The fourth-order valence-corrected chi connectivity index (χ4v) is 9.23. The molecule has 8 rings (SSSR count). The molecule has 294 valence electrons. The Labute approximate surface area is 331 Å². The molecule has 0 unspecified atom stereocenters. The normalized spacial score (nSPS) is 19.6. The zero-order valence-corrected chi connectivity index (χ0v) is 32.4.